The molecule has 0 atom stereocenters. The average molecular weight is 421 g/mol. The maximum absolute atomic E-state index is 12.5. The van der Waals surface area contributed by atoms with E-state index in [1.54, 1.807) is 0 Å². The van der Waals surface area contributed by atoms with Gasteiger partial charge >= 0.3 is 0 Å². The normalized spacial score (nSPS) is 10.4. The lowest BCUT2D eigenvalue weighted by Gasteiger charge is -2.05. The number of carbonyl (C=O) groups is 1. The van der Waals surface area contributed by atoms with Gasteiger partial charge in [-0.15, -0.1) is 0 Å². The van der Waals surface area contributed by atoms with Crippen LogP contribution < -0.4 is 11.1 Å². The lowest BCUT2D eigenvalue weighted by atomic mass is 10.1. The molecule has 3 rings (SSSR count). The van der Waals surface area contributed by atoms with Crippen molar-refractivity contribution < 1.29 is 4.79 Å². The fourth-order valence-corrected chi connectivity index (χ4v) is 3.11. The highest BCUT2D eigenvalue weighted by molar-refractivity contribution is 14.1. The van der Waals surface area contributed by atoms with Crippen LogP contribution in [0.3, 0.4) is 0 Å². The van der Waals surface area contributed by atoms with E-state index in [0.717, 1.165) is 14.8 Å². The van der Waals surface area contributed by atoms with Crippen molar-refractivity contribution in [3.8, 4) is 11.3 Å². The molecule has 3 N–H and O–H groups in total. The lowest BCUT2D eigenvalue weighted by molar-refractivity contribution is 0.103. The zero-order valence-electron chi connectivity index (χ0n) is 11.4. The molecule has 0 unspecified atom stereocenters. The van der Waals surface area contributed by atoms with E-state index in [4.69, 9.17) is 5.73 Å². The summed E-state index contributed by atoms with van der Waals surface area (Å²) in [6.45, 7) is 0. The fourth-order valence-electron chi connectivity index (χ4n) is 2.00. The number of nitrogens with two attached hydrogens (primary N) is 1. The van der Waals surface area contributed by atoms with Crippen molar-refractivity contribution in [2.45, 2.75) is 0 Å². The Morgan fingerprint density at radius 2 is 1.77 bits per heavy atom. The molecule has 3 aromatic rings. The second kappa shape index (κ2) is 6.45. The predicted molar refractivity (Wildman–Crippen MR) is 99.1 cm³/mol. The van der Waals surface area contributed by atoms with E-state index in [9.17, 15) is 4.79 Å². The first-order valence-corrected chi connectivity index (χ1v) is 8.41. The van der Waals surface area contributed by atoms with Crippen molar-refractivity contribution >= 4 is 50.7 Å². The molecule has 0 spiro atoms. The van der Waals surface area contributed by atoms with Crippen LogP contribution in [0.5, 0.6) is 0 Å². The van der Waals surface area contributed by atoms with Gasteiger partial charge in [0.05, 0.1) is 5.69 Å². The Kier molecular flexibility index (Phi) is 4.39. The number of thiazole rings is 1. The van der Waals surface area contributed by atoms with Crippen LogP contribution >= 0.6 is 33.9 Å². The summed E-state index contributed by atoms with van der Waals surface area (Å²) < 4.78 is 1.11. The number of nitrogen functional groups attached to an aromatic ring is 1. The van der Waals surface area contributed by atoms with Crippen molar-refractivity contribution in [2.24, 2.45) is 0 Å². The van der Waals surface area contributed by atoms with Gasteiger partial charge in [-0.1, -0.05) is 41.7 Å². The maximum atomic E-state index is 12.5. The molecule has 0 aliphatic heterocycles. The van der Waals surface area contributed by atoms with Gasteiger partial charge in [0.1, 0.15) is 4.88 Å². The molecule has 0 saturated carbocycles. The lowest BCUT2D eigenvalue weighted by Crippen LogP contribution is -2.11. The Hall–Kier alpha value is -1.93. The van der Waals surface area contributed by atoms with Gasteiger partial charge in [-0.3, -0.25) is 4.79 Å². The van der Waals surface area contributed by atoms with Gasteiger partial charge in [-0.25, -0.2) is 4.98 Å². The predicted octanol–water partition coefficient (Wildman–Crippen LogP) is 4.25. The Morgan fingerprint density at radius 3 is 2.45 bits per heavy atom. The molecule has 0 aliphatic rings. The molecule has 0 radical (unpaired) electrons. The summed E-state index contributed by atoms with van der Waals surface area (Å²) in [4.78, 5) is 17.3. The standard InChI is InChI=1S/C16H12IN3OS/c17-11-6-8-12(9-7-11)19-15(21)14-13(20-16(18)22-14)10-4-2-1-3-5-10/h1-9H,(H2,18,20)(H,19,21). The number of benzene rings is 2. The molecule has 1 aromatic heterocycles. The van der Waals surface area contributed by atoms with Crippen LogP contribution in [0.25, 0.3) is 11.3 Å². The van der Waals surface area contributed by atoms with E-state index >= 15 is 0 Å². The van der Waals surface area contributed by atoms with Gasteiger partial charge in [-0.2, -0.15) is 0 Å². The van der Waals surface area contributed by atoms with E-state index in [2.05, 4.69) is 32.9 Å². The van der Waals surface area contributed by atoms with Crippen molar-refractivity contribution in [2.75, 3.05) is 11.1 Å². The average Bonchev–Trinajstić information content (AvgIpc) is 2.92. The summed E-state index contributed by atoms with van der Waals surface area (Å²) in [5.74, 6) is -0.200. The first-order chi connectivity index (χ1) is 10.6. The minimum absolute atomic E-state index is 0.200. The number of hydrogen-bond donors (Lipinski definition) is 2. The molecule has 6 heteroatoms. The molecule has 0 fully saturated rings. The first kappa shape index (κ1) is 15.0. The SMILES string of the molecule is Nc1nc(-c2ccccc2)c(C(=O)Nc2ccc(I)cc2)s1. The van der Waals surface area contributed by atoms with E-state index in [0.29, 0.717) is 15.7 Å². The van der Waals surface area contributed by atoms with Crippen LogP contribution in [0.4, 0.5) is 10.8 Å². The van der Waals surface area contributed by atoms with Gasteiger partial charge in [0.25, 0.3) is 5.91 Å². The summed E-state index contributed by atoms with van der Waals surface area (Å²) in [6, 6.07) is 17.2. The monoisotopic (exact) mass is 421 g/mol. The molecular formula is C16H12IN3OS. The van der Waals surface area contributed by atoms with Gasteiger partial charge in [0, 0.05) is 14.8 Å². The highest BCUT2D eigenvalue weighted by atomic mass is 127. The number of rotatable bonds is 3. The number of nitrogens with one attached hydrogen (secondary N) is 1. The van der Waals surface area contributed by atoms with E-state index in [1.807, 2.05) is 54.6 Å². The van der Waals surface area contributed by atoms with Gasteiger partial charge in [-0.05, 0) is 46.9 Å². The second-order valence-corrected chi connectivity index (χ2v) is 6.83. The molecule has 110 valence electrons. The van der Waals surface area contributed by atoms with Crippen LogP contribution in [0.1, 0.15) is 9.67 Å². The molecule has 2 aromatic carbocycles. The maximum Gasteiger partial charge on any atom is 0.268 e. The highest BCUT2D eigenvalue weighted by Gasteiger charge is 2.18. The van der Waals surface area contributed by atoms with Crippen molar-refractivity contribution in [1.82, 2.24) is 4.98 Å². The molecule has 1 heterocycles. The quantitative estimate of drug-likeness (QED) is 0.622. The van der Waals surface area contributed by atoms with Crippen molar-refractivity contribution in [3.63, 3.8) is 0 Å². The second-order valence-electron chi connectivity index (χ2n) is 4.56. The third-order valence-corrected chi connectivity index (χ3v) is 4.60. The zero-order chi connectivity index (χ0) is 15.5. The summed E-state index contributed by atoms with van der Waals surface area (Å²) >= 11 is 3.41. The van der Waals surface area contributed by atoms with Crippen molar-refractivity contribution in [3.05, 3.63) is 63.0 Å². The molecule has 22 heavy (non-hydrogen) atoms. The minimum Gasteiger partial charge on any atom is -0.375 e. The van der Waals surface area contributed by atoms with Crippen molar-refractivity contribution in [1.29, 1.82) is 0 Å². The molecule has 0 aliphatic carbocycles. The molecule has 0 saturated heterocycles. The molecule has 4 nitrogen and oxygen atoms in total. The van der Waals surface area contributed by atoms with E-state index in [1.165, 1.54) is 11.3 Å². The molecule has 0 bridgehead atoms. The fraction of sp³-hybridized carbons (Fsp3) is 0. The van der Waals surface area contributed by atoms with Crippen LogP contribution in [0.15, 0.2) is 54.6 Å². The summed E-state index contributed by atoms with van der Waals surface area (Å²) in [5.41, 5.74) is 8.04. The smallest absolute Gasteiger partial charge is 0.268 e. The highest BCUT2D eigenvalue weighted by Crippen LogP contribution is 2.30. The minimum atomic E-state index is -0.200. The number of halogens is 1. The number of anilines is 2. The largest absolute Gasteiger partial charge is 0.375 e. The zero-order valence-corrected chi connectivity index (χ0v) is 14.4. The third-order valence-electron chi connectivity index (χ3n) is 3.00. The van der Waals surface area contributed by atoms with Crippen LogP contribution in [-0.4, -0.2) is 10.9 Å². The Balaban J connectivity index is 1.91. The first-order valence-electron chi connectivity index (χ1n) is 6.52. The van der Waals surface area contributed by atoms with Crippen LogP contribution in [0, 0.1) is 3.57 Å². The summed E-state index contributed by atoms with van der Waals surface area (Å²) in [7, 11) is 0. The Bertz CT molecular complexity index is 800. The van der Waals surface area contributed by atoms with Crippen LogP contribution in [-0.2, 0) is 0 Å². The topological polar surface area (TPSA) is 68.0 Å². The number of nitrogens with zero attached hydrogens (tertiary/aromatic N) is 1. The van der Waals surface area contributed by atoms with E-state index in [-0.39, 0.29) is 5.91 Å². The number of aromatic nitrogens is 1. The number of hydrogen-bond acceptors (Lipinski definition) is 4. The Morgan fingerprint density at radius 1 is 1.09 bits per heavy atom. The van der Waals surface area contributed by atoms with Gasteiger partial charge in [0.15, 0.2) is 5.13 Å². The third kappa shape index (κ3) is 3.28. The van der Waals surface area contributed by atoms with Gasteiger partial charge in [0.2, 0.25) is 0 Å². The van der Waals surface area contributed by atoms with Gasteiger partial charge < -0.3 is 11.1 Å². The van der Waals surface area contributed by atoms with Crippen LogP contribution in [0.2, 0.25) is 0 Å². The summed E-state index contributed by atoms with van der Waals surface area (Å²) in [6.07, 6.45) is 0. The molecule has 1 amide bonds. The number of carbonyl (C=O) groups excluding carboxylic acids is 1. The summed E-state index contributed by atoms with van der Waals surface area (Å²) in [5, 5.41) is 3.26. The molecular weight excluding hydrogens is 409 g/mol. The number of amides is 1. The van der Waals surface area contributed by atoms with E-state index < -0.39 is 0 Å². The Labute approximate surface area is 145 Å².